The molecule has 0 aromatic heterocycles. The molecule has 0 aliphatic carbocycles. The second kappa shape index (κ2) is 5.72. The van der Waals surface area contributed by atoms with Gasteiger partial charge in [0.25, 0.3) is 0 Å². The van der Waals surface area contributed by atoms with Gasteiger partial charge in [-0.1, -0.05) is 6.07 Å². The summed E-state index contributed by atoms with van der Waals surface area (Å²) in [6, 6.07) is 5.80. The minimum absolute atomic E-state index is 0.0999. The molecule has 0 bridgehead atoms. The van der Waals surface area contributed by atoms with Crippen LogP contribution in [0.4, 0.5) is 16.2 Å². The molecular formula is C11H17N3O3S. The van der Waals surface area contributed by atoms with Crippen LogP contribution in [0.1, 0.15) is 6.92 Å². The number of carbonyl (C=O) groups is 1. The van der Waals surface area contributed by atoms with Crippen molar-refractivity contribution in [3.05, 3.63) is 24.3 Å². The third-order valence-corrected chi connectivity index (χ3v) is 3.18. The fourth-order valence-corrected chi connectivity index (χ4v) is 2.49. The summed E-state index contributed by atoms with van der Waals surface area (Å²) in [5.74, 6) is -0.0999. The summed E-state index contributed by atoms with van der Waals surface area (Å²) in [7, 11) is -3.11. The standard InChI is InChI=1S/C11H17N3O3S/c1-8(7-18(2,16)17)13-11(15)14-10-5-3-4-9(12)6-10/h3-6,8H,7,12H2,1-2H3,(H2,13,14,15). The van der Waals surface area contributed by atoms with Gasteiger partial charge in [-0.15, -0.1) is 0 Å². The predicted octanol–water partition coefficient (Wildman–Crippen LogP) is 0.823. The van der Waals surface area contributed by atoms with Crippen molar-refractivity contribution in [3.8, 4) is 0 Å². The van der Waals surface area contributed by atoms with Gasteiger partial charge in [0.05, 0.1) is 5.75 Å². The first-order valence-electron chi connectivity index (χ1n) is 5.37. The molecule has 0 aliphatic heterocycles. The molecule has 1 atom stereocenters. The lowest BCUT2D eigenvalue weighted by Crippen LogP contribution is -2.39. The highest BCUT2D eigenvalue weighted by molar-refractivity contribution is 7.90. The topological polar surface area (TPSA) is 101 Å². The van der Waals surface area contributed by atoms with Crippen molar-refractivity contribution in [2.24, 2.45) is 0 Å². The number of carbonyl (C=O) groups excluding carboxylic acids is 1. The molecule has 4 N–H and O–H groups in total. The first-order chi connectivity index (χ1) is 8.26. The number of urea groups is 1. The molecule has 6 nitrogen and oxygen atoms in total. The van der Waals surface area contributed by atoms with Gasteiger partial charge in [0, 0.05) is 23.7 Å². The lowest BCUT2D eigenvalue weighted by atomic mass is 10.3. The lowest BCUT2D eigenvalue weighted by Gasteiger charge is -2.13. The Morgan fingerprint density at radius 2 is 2.11 bits per heavy atom. The van der Waals surface area contributed by atoms with Gasteiger partial charge in [0.2, 0.25) is 0 Å². The monoisotopic (exact) mass is 271 g/mol. The Morgan fingerprint density at radius 1 is 1.44 bits per heavy atom. The van der Waals surface area contributed by atoms with Crippen LogP contribution in [0.25, 0.3) is 0 Å². The van der Waals surface area contributed by atoms with E-state index in [9.17, 15) is 13.2 Å². The number of anilines is 2. The van der Waals surface area contributed by atoms with Crippen molar-refractivity contribution in [3.63, 3.8) is 0 Å². The number of nitrogens with two attached hydrogens (primary N) is 1. The number of nitrogen functional groups attached to an aromatic ring is 1. The van der Waals surface area contributed by atoms with Crippen LogP contribution in [0.3, 0.4) is 0 Å². The van der Waals surface area contributed by atoms with Crippen LogP contribution >= 0.6 is 0 Å². The van der Waals surface area contributed by atoms with Gasteiger partial charge in [-0.05, 0) is 25.1 Å². The molecule has 1 unspecified atom stereocenters. The van der Waals surface area contributed by atoms with Gasteiger partial charge >= 0.3 is 6.03 Å². The van der Waals surface area contributed by atoms with Gasteiger partial charge in [0.1, 0.15) is 9.84 Å². The molecule has 0 aliphatic rings. The maximum atomic E-state index is 11.6. The first-order valence-corrected chi connectivity index (χ1v) is 7.43. The minimum Gasteiger partial charge on any atom is -0.399 e. The predicted molar refractivity (Wildman–Crippen MR) is 72.2 cm³/mol. The molecule has 100 valence electrons. The fourth-order valence-electron chi connectivity index (χ4n) is 1.50. The van der Waals surface area contributed by atoms with Crippen molar-refractivity contribution >= 4 is 27.2 Å². The second-order valence-corrected chi connectivity index (χ2v) is 6.40. The molecule has 2 amide bonds. The Balaban J connectivity index is 2.52. The average Bonchev–Trinajstić information content (AvgIpc) is 2.13. The molecule has 1 rings (SSSR count). The molecule has 0 saturated heterocycles. The fraction of sp³-hybridized carbons (Fsp3) is 0.364. The van der Waals surface area contributed by atoms with E-state index in [0.717, 1.165) is 6.26 Å². The normalized spacial score (nSPS) is 12.8. The highest BCUT2D eigenvalue weighted by Crippen LogP contribution is 2.11. The summed E-state index contributed by atoms with van der Waals surface area (Å²) in [5.41, 5.74) is 6.66. The third kappa shape index (κ3) is 5.53. The molecular weight excluding hydrogens is 254 g/mol. The first kappa shape index (κ1) is 14.3. The Bertz CT molecular complexity index is 528. The highest BCUT2D eigenvalue weighted by Gasteiger charge is 2.13. The van der Waals surface area contributed by atoms with Gasteiger partial charge in [-0.25, -0.2) is 13.2 Å². The van der Waals surface area contributed by atoms with E-state index in [2.05, 4.69) is 10.6 Å². The number of benzene rings is 1. The van der Waals surface area contributed by atoms with Crippen LogP contribution < -0.4 is 16.4 Å². The van der Waals surface area contributed by atoms with E-state index >= 15 is 0 Å². The van der Waals surface area contributed by atoms with Crippen LogP contribution in [0.2, 0.25) is 0 Å². The summed E-state index contributed by atoms with van der Waals surface area (Å²) in [5, 5.41) is 5.11. The van der Waals surface area contributed by atoms with Crippen LogP contribution in [0.15, 0.2) is 24.3 Å². The molecule has 7 heteroatoms. The Hall–Kier alpha value is -1.76. The number of rotatable bonds is 4. The maximum absolute atomic E-state index is 11.6. The third-order valence-electron chi connectivity index (χ3n) is 2.07. The largest absolute Gasteiger partial charge is 0.399 e. The van der Waals surface area contributed by atoms with Crippen LogP contribution in [0.5, 0.6) is 0 Å². The molecule has 0 spiro atoms. The van der Waals surface area contributed by atoms with Crippen LogP contribution in [-0.2, 0) is 9.84 Å². The summed E-state index contributed by atoms with van der Waals surface area (Å²) in [4.78, 5) is 11.6. The number of hydrogen-bond donors (Lipinski definition) is 3. The van der Waals surface area contributed by atoms with Gasteiger partial charge in [0.15, 0.2) is 0 Å². The lowest BCUT2D eigenvalue weighted by molar-refractivity contribution is 0.250. The van der Waals surface area contributed by atoms with Crippen molar-refractivity contribution in [1.82, 2.24) is 5.32 Å². The number of nitrogens with one attached hydrogen (secondary N) is 2. The Labute approximate surface area is 106 Å². The Morgan fingerprint density at radius 3 is 2.67 bits per heavy atom. The SMILES string of the molecule is CC(CS(C)(=O)=O)NC(=O)Nc1cccc(N)c1. The van der Waals surface area contributed by atoms with E-state index in [1.807, 2.05) is 0 Å². The zero-order valence-electron chi connectivity index (χ0n) is 10.3. The second-order valence-electron chi connectivity index (χ2n) is 4.22. The molecule has 18 heavy (non-hydrogen) atoms. The zero-order valence-corrected chi connectivity index (χ0v) is 11.1. The van der Waals surface area contributed by atoms with Gasteiger partial charge < -0.3 is 16.4 Å². The van der Waals surface area contributed by atoms with Crippen molar-refractivity contribution in [1.29, 1.82) is 0 Å². The highest BCUT2D eigenvalue weighted by atomic mass is 32.2. The van der Waals surface area contributed by atoms with Crippen LogP contribution in [0, 0.1) is 0 Å². The summed E-state index contributed by atoms with van der Waals surface area (Å²) in [6.07, 6.45) is 1.13. The molecule has 0 saturated carbocycles. The zero-order chi connectivity index (χ0) is 13.8. The van der Waals surface area contributed by atoms with Crippen molar-refractivity contribution in [2.45, 2.75) is 13.0 Å². The van der Waals surface area contributed by atoms with Crippen molar-refractivity contribution in [2.75, 3.05) is 23.1 Å². The van der Waals surface area contributed by atoms with E-state index in [0.29, 0.717) is 11.4 Å². The van der Waals surface area contributed by atoms with Gasteiger partial charge in [-0.2, -0.15) is 0 Å². The molecule has 0 heterocycles. The van der Waals surface area contributed by atoms with E-state index in [4.69, 9.17) is 5.73 Å². The molecule has 1 aromatic rings. The Kier molecular flexibility index (Phi) is 4.55. The number of amides is 2. The van der Waals surface area contributed by atoms with E-state index in [1.165, 1.54) is 0 Å². The number of sulfone groups is 1. The van der Waals surface area contributed by atoms with E-state index in [1.54, 1.807) is 31.2 Å². The average molecular weight is 271 g/mol. The summed E-state index contributed by atoms with van der Waals surface area (Å²) >= 11 is 0. The molecule has 0 radical (unpaired) electrons. The van der Waals surface area contributed by atoms with E-state index in [-0.39, 0.29) is 5.75 Å². The summed E-state index contributed by atoms with van der Waals surface area (Å²) in [6.45, 7) is 1.62. The van der Waals surface area contributed by atoms with Crippen LogP contribution in [-0.4, -0.2) is 32.5 Å². The molecule has 1 aromatic carbocycles. The van der Waals surface area contributed by atoms with Crippen molar-refractivity contribution < 1.29 is 13.2 Å². The minimum atomic E-state index is -3.11. The maximum Gasteiger partial charge on any atom is 0.319 e. The van der Waals surface area contributed by atoms with E-state index < -0.39 is 21.9 Å². The van der Waals surface area contributed by atoms with Gasteiger partial charge in [-0.3, -0.25) is 0 Å². The quantitative estimate of drug-likeness (QED) is 0.706. The smallest absolute Gasteiger partial charge is 0.319 e. The number of hydrogen-bond acceptors (Lipinski definition) is 4. The molecule has 0 fully saturated rings. The summed E-state index contributed by atoms with van der Waals surface area (Å²) < 4.78 is 22.1.